The minimum atomic E-state index is -0.215. The molecule has 0 atom stereocenters. The first-order chi connectivity index (χ1) is 13.1. The summed E-state index contributed by atoms with van der Waals surface area (Å²) in [6, 6.07) is 17.3. The first-order valence-electron chi connectivity index (χ1n) is 8.25. The smallest absolute Gasteiger partial charge is 0.282 e. The molecule has 2 aromatic carbocycles. The van der Waals surface area contributed by atoms with Crippen LogP contribution < -0.4 is 10.6 Å². The summed E-state index contributed by atoms with van der Waals surface area (Å²) in [6.45, 7) is 1.94. The van der Waals surface area contributed by atoms with Crippen LogP contribution in [0.15, 0.2) is 59.5 Å². The number of benzene rings is 2. The standard InChI is InChI=1S/C19H18N4O2S2/c1-13(24)21-15-7-9-16(10-8-15)26-12-17-22-23-19(27-17)18(25)20-11-14-5-3-2-4-6-14/h2-10H,11-12H2,1H3,(H,20,25)(H,21,24). The molecule has 0 fully saturated rings. The zero-order valence-corrected chi connectivity index (χ0v) is 16.3. The van der Waals surface area contributed by atoms with Crippen molar-refractivity contribution < 1.29 is 9.59 Å². The predicted octanol–water partition coefficient (Wildman–Crippen LogP) is 3.72. The third-order valence-corrected chi connectivity index (χ3v) is 5.62. The lowest BCUT2D eigenvalue weighted by atomic mass is 10.2. The van der Waals surface area contributed by atoms with Gasteiger partial charge in [-0.15, -0.1) is 22.0 Å². The maximum Gasteiger partial charge on any atom is 0.282 e. The van der Waals surface area contributed by atoms with E-state index in [9.17, 15) is 9.59 Å². The molecule has 8 heteroatoms. The molecule has 0 radical (unpaired) electrons. The number of nitrogens with zero attached hydrogens (tertiary/aromatic N) is 2. The van der Waals surface area contributed by atoms with Gasteiger partial charge in [-0.3, -0.25) is 9.59 Å². The van der Waals surface area contributed by atoms with Gasteiger partial charge < -0.3 is 10.6 Å². The minimum Gasteiger partial charge on any atom is -0.346 e. The van der Waals surface area contributed by atoms with E-state index in [2.05, 4.69) is 20.8 Å². The average Bonchev–Trinajstić information content (AvgIpc) is 3.15. The van der Waals surface area contributed by atoms with Gasteiger partial charge in [-0.05, 0) is 29.8 Å². The summed E-state index contributed by atoms with van der Waals surface area (Å²) in [5, 5.41) is 14.8. The van der Waals surface area contributed by atoms with Crippen molar-refractivity contribution >= 4 is 40.6 Å². The fraction of sp³-hybridized carbons (Fsp3) is 0.158. The van der Waals surface area contributed by atoms with Crippen LogP contribution in [0.2, 0.25) is 0 Å². The Morgan fingerprint density at radius 1 is 1.04 bits per heavy atom. The molecule has 0 saturated heterocycles. The van der Waals surface area contributed by atoms with Gasteiger partial charge in [-0.1, -0.05) is 41.7 Å². The Hall–Kier alpha value is -2.71. The summed E-state index contributed by atoms with van der Waals surface area (Å²) < 4.78 is 0. The van der Waals surface area contributed by atoms with Crippen LogP contribution in [0.4, 0.5) is 5.69 Å². The molecule has 1 heterocycles. The average molecular weight is 399 g/mol. The second-order valence-electron chi connectivity index (χ2n) is 5.66. The fourth-order valence-electron chi connectivity index (χ4n) is 2.24. The molecule has 2 N–H and O–H groups in total. The summed E-state index contributed by atoms with van der Waals surface area (Å²) in [5.41, 5.74) is 1.80. The van der Waals surface area contributed by atoms with Gasteiger partial charge in [-0.25, -0.2) is 0 Å². The van der Waals surface area contributed by atoms with Gasteiger partial charge in [-0.2, -0.15) is 0 Å². The molecule has 3 aromatic rings. The summed E-state index contributed by atoms with van der Waals surface area (Å²) in [4.78, 5) is 24.3. The summed E-state index contributed by atoms with van der Waals surface area (Å²) in [6.07, 6.45) is 0. The Kier molecular flexibility index (Phi) is 6.56. The van der Waals surface area contributed by atoms with Crippen molar-refractivity contribution in [1.82, 2.24) is 15.5 Å². The van der Waals surface area contributed by atoms with E-state index in [4.69, 9.17) is 0 Å². The number of thioether (sulfide) groups is 1. The Labute approximate surface area is 165 Å². The minimum absolute atomic E-state index is 0.0951. The molecule has 2 amide bonds. The molecule has 6 nitrogen and oxygen atoms in total. The Morgan fingerprint density at radius 3 is 2.48 bits per heavy atom. The lowest BCUT2D eigenvalue weighted by Crippen LogP contribution is -2.22. The van der Waals surface area contributed by atoms with Gasteiger partial charge in [0.15, 0.2) is 0 Å². The third-order valence-electron chi connectivity index (χ3n) is 3.49. The van der Waals surface area contributed by atoms with E-state index in [0.717, 1.165) is 21.2 Å². The first kappa shape index (κ1) is 19.1. The van der Waals surface area contributed by atoms with Crippen molar-refractivity contribution in [2.24, 2.45) is 0 Å². The molecule has 1 aromatic heterocycles. The van der Waals surface area contributed by atoms with Gasteiger partial charge in [0, 0.05) is 24.1 Å². The van der Waals surface area contributed by atoms with Crippen LogP contribution in [0.3, 0.4) is 0 Å². The Morgan fingerprint density at radius 2 is 1.78 bits per heavy atom. The SMILES string of the molecule is CC(=O)Nc1ccc(SCc2nnc(C(=O)NCc3ccccc3)s2)cc1. The quantitative estimate of drug-likeness (QED) is 0.593. The molecule has 138 valence electrons. The van der Waals surface area contributed by atoms with Crippen LogP contribution in [0.25, 0.3) is 0 Å². The lowest BCUT2D eigenvalue weighted by Gasteiger charge is -2.03. The van der Waals surface area contributed by atoms with E-state index in [1.54, 1.807) is 11.8 Å². The maximum atomic E-state index is 12.2. The molecule has 0 spiro atoms. The van der Waals surface area contributed by atoms with E-state index >= 15 is 0 Å². The van der Waals surface area contributed by atoms with E-state index in [-0.39, 0.29) is 11.8 Å². The number of amides is 2. The summed E-state index contributed by atoms with van der Waals surface area (Å²) in [7, 11) is 0. The highest BCUT2D eigenvalue weighted by Gasteiger charge is 2.12. The van der Waals surface area contributed by atoms with E-state index in [0.29, 0.717) is 17.3 Å². The van der Waals surface area contributed by atoms with E-state index < -0.39 is 0 Å². The maximum absolute atomic E-state index is 12.2. The molecule has 0 bridgehead atoms. The lowest BCUT2D eigenvalue weighted by molar-refractivity contribution is -0.114. The topological polar surface area (TPSA) is 84.0 Å². The van der Waals surface area contributed by atoms with Crippen LogP contribution in [0.1, 0.15) is 27.3 Å². The fourth-order valence-corrected chi connectivity index (χ4v) is 3.88. The molecule has 0 aliphatic carbocycles. The van der Waals surface area contributed by atoms with Crippen molar-refractivity contribution in [1.29, 1.82) is 0 Å². The highest BCUT2D eigenvalue weighted by atomic mass is 32.2. The number of nitrogens with one attached hydrogen (secondary N) is 2. The normalized spacial score (nSPS) is 10.4. The summed E-state index contributed by atoms with van der Waals surface area (Å²) >= 11 is 2.89. The van der Waals surface area contributed by atoms with Crippen LogP contribution in [-0.4, -0.2) is 22.0 Å². The summed E-state index contributed by atoms with van der Waals surface area (Å²) in [5.74, 6) is 0.318. The van der Waals surface area contributed by atoms with Crippen LogP contribution in [0.5, 0.6) is 0 Å². The third kappa shape index (κ3) is 5.90. The van der Waals surface area contributed by atoms with E-state index in [1.165, 1.54) is 18.3 Å². The zero-order valence-electron chi connectivity index (χ0n) is 14.6. The largest absolute Gasteiger partial charge is 0.346 e. The molecule has 0 aliphatic heterocycles. The van der Waals surface area contributed by atoms with Crippen molar-refractivity contribution in [3.63, 3.8) is 0 Å². The van der Waals surface area contributed by atoms with Gasteiger partial charge in [0.25, 0.3) is 5.91 Å². The van der Waals surface area contributed by atoms with E-state index in [1.807, 2.05) is 54.6 Å². The van der Waals surface area contributed by atoms with Crippen LogP contribution in [0, 0.1) is 0 Å². The predicted molar refractivity (Wildman–Crippen MR) is 108 cm³/mol. The number of hydrogen-bond donors (Lipinski definition) is 2. The highest BCUT2D eigenvalue weighted by molar-refractivity contribution is 7.98. The molecule has 0 saturated carbocycles. The van der Waals surface area contributed by atoms with Gasteiger partial charge in [0.2, 0.25) is 10.9 Å². The molecule has 0 aliphatic rings. The molecular weight excluding hydrogens is 380 g/mol. The Bertz CT molecular complexity index is 911. The zero-order chi connectivity index (χ0) is 19.1. The first-order valence-corrected chi connectivity index (χ1v) is 10.1. The number of rotatable bonds is 7. The van der Waals surface area contributed by atoms with Crippen molar-refractivity contribution in [3.05, 3.63) is 70.2 Å². The molecule has 0 unspecified atom stereocenters. The number of carbonyl (C=O) groups is 2. The van der Waals surface area contributed by atoms with Gasteiger partial charge in [0.05, 0.1) is 5.75 Å². The second-order valence-corrected chi connectivity index (χ2v) is 7.77. The molecular formula is C19H18N4O2S2. The van der Waals surface area contributed by atoms with Crippen molar-refractivity contribution in [2.75, 3.05) is 5.32 Å². The highest BCUT2D eigenvalue weighted by Crippen LogP contribution is 2.25. The van der Waals surface area contributed by atoms with Crippen LogP contribution >= 0.6 is 23.1 Å². The van der Waals surface area contributed by atoms with Gasteiger partial charge in [0.1, 0.15) is 5.01 Å². The molecule has 27 heavy (non-hydrogen) atoms. The van der Waals surface area contributed by atoms with Crippen molar-refractivity contribution in [3.8, 4) is 0 Å². The number of aromatic nitrogens is 2. The van der Waals surface area contributed by atoms with Crippen molar-refractivity contribution in [2.45, 2.75) is 24.1 Å². The molecule has 3 rings (SSSR count). The number of carbonyl (C=O) groups excluding carboxylic acids is 2. The Balaban J connectivity index is 1.50. The monoisotopic (exact) mass is 398 g/mol. The van der Waals surface area contributed by atoms with Crippen LogP contribution in [-0.2, 0) is 17.1 Å². The second kappa shape index (κ2) is 9.29. The number of hydrogen-bond acceptors (Lipinski definition) is 6. The van der Waals surface area contributed by atoms with Gasteiger partial charge >= 0.3 is 0 Å². The number of anilines is 1.